The largest absolute Gasteiger partial charge is 0.371 e. The summed E-state index contributed by atoms with van der Waals surface area (Å²) >= 11 is 0. The van der Waals surface area contributed by atoms with E-state index >= 15 is 0 Å². The molecule has 4 aromatic rings. The Morgan fingerprint density at radius 1 is 1.06 bits per heavy atom. The molecule has 1 saturated heterocycles. The number of nitrogens with zero attached hydrogens (tertiary/aromatic N) is 6. The minimum Gasteiger partial charge on any atom is -0.371 e. The van der Waals surface area contributed by atoms with E-state index in [0.29, 0.717) is 5.92 Å². The lowest BCUT2D eigenvalue weighted by Crippen LogP contribution is -2.25. The minimum absolute atomic E-state index is 0. The Balaban J connectivity index is 0.00000241. The fraction of sp³-hybridized carbons (Fsp3) is 0.308. The molecule has 0 bridgehead atoms. The first-order valence-corrected chi connectivity index (χ1v) is 11.4. The number of fused-ring (bicyclic) bond motifs is 5. The van der Waals surface area contributed by atoms with Crippen LogP contribution in [0.2, 0.25) is 0 Å². The normalized spacial score (nSPS) is 16.6. The van der Waals surface area contributed by atoms with Crippen LogP contribution < -0.4 is 4.90 Å². The lowest BCUT2D eigenvalue weighted by atomic mass is 10.1. The predicted octanol–water partition coefficient (Wildman–Crippen LogP) is 4.40. The third kappa shape index (κ3) is 4.01. The molecular formula is C26H29FN6S. The second kappa shape index (κ2) is 8.92. The number of anilines is 1. The van der Waals surface area contributed by atoms with Crippen LogP contribution in [0.25, 0.3) is 28.3 Å². The molecule has 6 nitrogen and oxygen atoms in total. The van der Waals surface area contributed by atoms with Gasteiger partial charge in [0, 0.05) is 43.6 Å². The zero-order chi connectivity index (χ0) is 22.5. The van der Waals surface area contributed by atoms with Gasteiger partial charge in [0.05, 0.1) is 11.4 Å². The fourth-order valence-corrected chi connectivity index (χ4v) is 5.26. The van der Waals surface area contributed by atoms with E-state index in [-0.39, 0.29) is 19.3 Å². The molecule has 6 rings (SSSR count). The van der Waals surface area contributed by atoms with Crippen molar-refractivity contribution in [2.24, 2.45) is 5.92 Å². The van der Waals surface area contributed by atoms with Crippen LogP contribution >= 0.6 is 13.5 Å². The van der Waals surface area contributed by atoms with Crippen molar-refractivity contribution >= 4 is 19.2 Å². The van der Waals surface area contributed by atoms with Gasteiger partial charge in [-0.3, -0.25) is 4.57 Å². The van der Waals surface area contributed by atoms with Gasteiger partial charge in [-0.15, -0.1) is 10.2 Å². The van der Waals surface area contributed by atoms with Crippen LogP contribution in [-0.2, 0) is 6.54 Å². The molecular weight excluding hydrogens is 447 g/mol. The van der Waals surface area contributed by atoms with E-state index in [1.165, 1.54) is 29.8 Å². The molecule has 0 saturated carbocycles. The Hall–Kier alpha value is -3.10. The highest BCUT2D eigenvalue weighted by molar-refractivity contribution is 7.59. The summed E-state index contributed by atoms with van der Waals surface area (Å²) in [6.45, 7) is 4.07. The predicted molar refractivity (Wildman–Crippen MR) is 139 cm³/mol. The molecule has 0 amide bonds. The van der Waals surface area contributed by atoms with E-state index in [1.54, 1.807) is 6.33 Å². The van der Waals surface area contributed by atoms with Gasteiger partial charge in [-0.05, 0) is 74.0 Å². The van der Waals surface area contributed by atoms with E-state index in [0.717, 1.165) is 54.5 Å². The molecule has 2 aliphatic heterocycles. The molecule has 4 heterocycles. The van der Waals surface area contributed by atoms with Crippen molar-refractivity contribution in [2.75, 3.05) is 38.6 Å². The van der Waals surface area contributed by atoms with Gasteiger partial charge in [0.2, 0.25) is 0 Å². The Morgan fingerprint density at radius 2 is 1.88 bits per heavy atom. The van der Waals surface area contributed by atoms with E-state index in [4.69, 9.17) is 0 Å². The van der Waals surface area contributed by atoms with E-state index in [1.807, 2.05) is 12.1 Å². The maximum absolute atomic E-state index is 13.4. The van der Waals surface area contributed by atoms with Crippen LogP contribution in [-0.4, -0.2) is 58.0 Å². The van der Waals surface area contributed by atoms with Gasteiger partial charge in [-0.25, -0.2) is 4.39 Å². The summed E-state index contributed by atoms with van der Waals surface area (Å²) in [5.74, 6) is 1.30. The summed E-state index contributed by atoms with van der Waals surface area (Å²) in [5, 5.41) is 8.64. The van der Waals surface area contributed by atoms with Gasteiger partial charge in [0.1, 0.15) is 12.1 Å². The van der Waals surface area contributed by atoms with Gasteiger partial charge in [0.25, 0.3) is 0 Å². The van der Waals surface area contributed by atoms with Crippen LogP contribution in [0.3, 0.4) is 0 Å². The van der Waals surface area contributed by atoms with E-state index in [2.05, 4.69) is 73.7 Å². The fourth-order valence-electron chi connectivity index (χ4n) is 5.26. The molecule has 176 valence electrons. The molecule has 34 heavy (non-hydrogen) atoms. The topological polar surface area (TPSA) is 42.1 Å². The first-order valence-electron chi connectivity index (χ1n) is 11.4. The smallest absolute Gasteiger partial charge is 0.185 e. The summed E-state index contributed by atoms with van der Waals surface area (Å²) in [7, 11) is 4.30. The van der Waals surface area contributed by atoms with Gasteiger partial charge < -0.3 is 14.4 Å². The highest BCUT2D eigenvalue weighted by Gasteiger charge is 2.26. The minimum atomic E-state index is -0.226. The van der Waals surface area contributed by atoms with Crippen LogP contribution in [0.4, 0.5) is 10.1 Å². The zero-order valence-electron chi connectivity index (χ0n) is 19.4. The Morgan fingerprint density at radius 3 is 2.68 bits per heavy atom. The lowest BCUT2D eigenvalue weighted by Gasteiger charge is -2.22. The maximum Gasteiger partial charge on any atom is 0.185 e. The third-order valence-corrected chi connectivity index (χ3v) is 6.79. The number of aromatic nitrogens is 4. The molecule has 0 radical (unpaired) electrons. The SMILES string of the molecule is CN(C)C[C@@H]1CCN(c2ccc3c(c2)Cn2cc(-c4ccc(F)cc4)cc2-c2nncn2-3)C1.S. The lowest BCUT2D eigenvalue weighted by molar-refractivity contribution is 0.340. The van der Waals surface area contributed by atoms with Gasteiger partial charge >= 0.3 is 0 Å². The molecule has 2 aromatic heterocycles. The number of hydrogen-bond acceptors (Lipinski definition) is 4. The molecule has 8 heteroatoms. The molecule has 0 spiro atoms. The summed E-state index contributed by atoms with van der Waals surface area (Å²) < 4.78 is 17.7. The third-order valence-electron chi connectivity index (χ3n) is 6.79. The van der Waals surface area contributed by atoms with Gasteiger partial charge in [-0.1, -0.05) is 12.1 Å². The van der Waals surface area contributed by atoms with Crippen molar-refractivity contribution in [3.8, 4) is 28.3 Å². The van der Waals surface area contributed by atoms with Crippen molar-refractivity contribution in [3.05, 3.63) is 72.4 Å². The summed E-state index contributed by atoms with van der Waals surface area (Å²) in [6, 6.07) is 15.5. The Kier molecular flexibility index (Phi) is 5.95. The van der Waals surface area contributed by atoms with Crippen molar-refractivity contribution < 1.29 is 4.39 Å². The van der Waals surface area contributed by atoms with Crippen molar-refractivity contribution in [1.29, 1.82) is 0 Å². The maximum atomic E-state index is 13.4. The second-order valence-electron chi connectivity index (χ2n) is 9.45. The average Bonchev–Trinajstić information content (AvgIpc) is 3.53. The number of hydrogen-bond donors (Lipinski definition) is 0. The first kappa shape index (κ1) is 22.7. The molecule has 0 unspecified atom stereocenters. The Bertz CT molecular complexity index is 1310. The number of benzene rings is 2. The van der Waals surface area contributed by atoms with Crippen molar-refractivity contribution in [3.63, 3.8) is 0 Å². The summed E-state index contributed by atoms with van der Waals surface area (Å²) in [6.07, 6.45) is 5.15. The summed E-state index contributed by atoms with van der Waals surface area (Å²) in [5.41, 5.74) is 6.68. The Labute approximate surface area is 206 Å². The van der Waals surface area contributed by atoms with Crippen LogP contribution in [0.15, 0.2) is 61.1 Å². The molecule has 2 aromatic carbocycles. The second-order valence-corrected chi connectivity index (χ2v) is 9.45. The quantitative estimate of drug-likeness (QED) is 0.386. The van der Waals surface area contributed by atoms with E-state index in [9.17, 15) is 4.39 Å². The monoisotopic (exact) mass is 476 g/mol. The van der Waals surface area contributed by atoms with Crippen LogP contribution in [0, 0.1) is 11.7 Å². The number of halogens is 1. The molecule has 0 N–H and O–H groups in total. The molecule has 2 aliphatic rings. The van der Waals surface area contributed by atoms with Crippen molar-refractivity contribution in [1.82, 2.24) is 24.2 Å². The summed E-state index contributed by atoms with van der Waals surface area (Å²) in [4.78, 5) is 4.79. The van der Waals surface area contributed by atoms with Crippen molar-refractivity contribution in [2.45, 2.75) is 13.0 Å². The highest BCUT2D eigenvalue weighted by atomic mass is 32.1. The van der Waals surface area contributed by atoms with Gasteiger partial charge in [0.15, 0.2) is 5.82 Å². The van der Waals surface area contributed by atoms with E-state index < -0.39 is 0 Å². The zero-order valence-corrected chi connectivity index (χ0v) is 20.4. The highest BCUT2D eigenvalue weighted by Crippen LogP contribution is 2.35. The van der Waals surface area contributed by atoms with Crippen LogP contribution in [0.1, 0.15) is 12.0 Å². The molecule has 1 fully saturated rings. The van der Waals surface area contributed by atoms with Gasteiger partial charge in [-0.2, -0.15) is 13.5 Å². The number of rotatable bonds is 4. The van der Waals surface area contributed by atoms with Crippen LogP contribution in [0.5, 0.6) is 0 Å². The molecule has 0 aliphatic carbocycles. The first-order chi connectivity index (χ1) is 16.0. The molecule has 1 atom stereocenters. The standard InChI is InChI=1S/C26H27FN6.H2S/c1-30(2)13-18-9-10-31(14-18)23-7-8-24-21(11-23)16-32-15-20(19-3-5-22(27)6-4-19)12-25(32)26-29-28-17-33(24)26;/h3-8,11-12,15,17-18H,9-10,13-14,16H2,1-2H3;1H2/t18-;/m0./s1. The average molecular weight is 477 g/mol.